The third-order valence-electron chi connectivity index (χ3n) is 2.37. The predicted molar refractivity (Wildman–Crippen MR) is 67.2 cm³/mol. The second-order valence-electron chi connectivity index (χ2n) is 3.88. The summed E-state index contributed by atoms with van der Waals surface area (Å²) in [7, 11) is 0. The van der Waals surface area contributed by atoms with Crippen LogP contribution in [-0.4, -0.2) is 10.9 Å². The van der Waals surface area contributed by atoms with Gasteiger partial charge in [-0.05, 0) is 30.7 Å². The van der Waals surface area contributed by atoms with E-state index in [2.05, 4.69) is 10.3 Å². The summed E-state index contributed by atoms with van der Waals surface area (Å²) < 4.78 is 5.22. The molecule has 0 bridgehead atoms. The van der Waals surface area contributed by atoms with Crippen molar-refractivity contribution >= 4 is 11.6 Å². The van der Waals surface area contributed by atoms with Crippen molar-refractivity contribution in [2.45, 2.75) is 13.8 Å². The molecule has 0 spiro atoms. The third kappa shape index (κ3) is 2.45. The van der Waals surface area contributed by atoms with E-state index >= 15 is 0 Å². The van der Waals surface area contributed by atoms with Crippen molar-refractivity contribution in [3.8, 4) is 11.3 Å². The van der Waals surface area contributed by atoms with Crippen LogP contribution in [0.3, 0.4) is 0 Å². The van der Waals surface area contributed by atoms with E-state index in [0.29, 0.717) is 5.76 Å². The van der Waals surface area contributed by atoms with Gasteiger partial charge in [-0.3, -0.25) is 9.78 Å². The molecule has 2 aromatic rings. The van der Waals surface area contributed by atoms with Crippen LogP contribution < -0.4 is 10.9 Å². The molecule has 2 heterocycles. The van der Waals surface area contributed by atoms with Gasteiger partial charge in [0, 0.05) is 24.9 Å². The highest BCUT2D eigenvalue weighted by atomic mass is 16.4. The first-order valence-electron chi connectivity index (χ1n) is 5.40. The number of pyridine rings is 1. The summed E-state index contributed by atoms with van der Waals surface area (Å²) in [6.45, 7) is 3.14. The molecule has 0 saturated heterocycles. The van der Waals surface area contributed by atoms with Crippen molar-refractivity contribution in [1.82, 2.24) is 4.98 Å². The summed E-state index contributed by atoms with van der Waals surface area (Å²) in [4.78, 5) is 26.6. The van der Waals surface area contributed by atoms with E-state index in [1.807, 2.05) is 0 Å². The van der Waals surface area contributed by atoms with Crippen LogP contribution in [0.15, 0.2) is 39.8 Å². The topological polar surface area (TPSA) is 72.2 Å². The Morgan fingerprint density at radius 1 is 1.44 bits per heavy atom. The molecule has 92 valence electrons. The second kappa shape index (κ2) is 4.83. The minimum absolute atomic E-state index is 0.146. The first-order chi connectivity index (χ1) is 8.58. The summed E-state index contributed by atoms with van der Waals surface area (Å²) in [5.74, 6) is 0.151. The van der Waals surface area contributed by atoms with Gasteiger partial charge in [-0.25, -0.2) is 4.79 Å². The summed E-state index contributed by atoms with van der Waals surface area (Å²) in [6.07, 6.45) is 3.26. The Bertz CT molecular complexity index is 632. The molecular formula is C13H12N2O3. The van der Waals surface area contributed by atoms with Crippen LogP contribution in [0.4, 0.5) is 5.69 Å². The summed E-state index contributed by atoms with van der Waals surface area (Å²) in [6, 6.07) is 5.16. The molecule has 2 rings (SSSR count). The van der Waals surface area contributed by atoms with Crippen LogP contribution in [0.2, 0.25) is 0 Å². The van der Waals surface area contributed by atoms with Crippen molar-refractivity contribution in [3.05, 3.63) is 46.6 Å². The van der Waals surface area contributed by atoms with Gasteiger partial charge >= 0.3 is 5.63 Å². The van der Waals surface area contributed by atoms with Crippen LogP contribution in [0.1, 0.15) is 12.5 Å². The molecule has 0 atom stereocenters. The molecule has 0 saturated carbocycles. The fraction of sp³-hybridized carbons (Fsp3) is 0.154. The number of rotatable bonds is 2. The molecule has 0 radical (unpaired) electrons. The largest absolute Gasteiger partial charge is 0.421 e. The lowest BCUT2D eigenvalue weighted by Gasteiger charge is -2.06. The lowest BCUT2D eigenvalue weighted by molar-refractivity contribution is -0.114. The number of hydrogen-bond acceptors (Lipinski definition) is 4. The predicted octanol–water partition coefficient (Wildman–Crippen LogP) is 1.97. The zero-order chi connectivity index (χ0) is 13.1. The monoisotopic (exact) mass is 244 g/mol. The van der Waals surface area contributed by atoms with E-state index in [4.69, 9.17) is 4.42 Å². The zero-order valence-corrected chi connectivity index (χ0v) is 10.1. The van der Waals surface area contributed by atoms with Gasteiger partial charge in [0.25, 0.3) is 0 Å². The third-order valence-corrected chi connectivity index (χ3v) is 2.37. The van der Waals surface area contributed by atoms with Crippen molar-refractivity contribution in [3.63, 3.8) is 0 Å². The Kier molecular flexibility index (Phi) is 3.23. The van der Waals surface area contributed by atoms with E-state index in [1.54, 1.807) is 37.5 Å². The maximum atomic E-state index is 11.7. The van der Waals surface area contributed by atoms with Crippen molar-refractivity contribution in [2.24, 2.45) is 0 Å². The Morgan fingerprint density at radius 2 is 2.22 bits per heavy atom. The fourth-order valence-corrected chi connectivity index (χ4v) is 1.63. The van der Waals surface area contributed by atoms with E-state index in [-0.39, 0.29) is 11.6 Å². The SMILES string of the molecule is CC(=O)Nc1cc(C)c(-c2cccnc2)oc1=O. The molecule has 5 nitrogen and oxygen atoms in total. The summed E-state index contributed by atoms with van der Waals surface area (Å²) in [5, 5.41) is 2.43. The lowest BCUT2D eigenvalue weighted by Crippen LogP contribution is -2.15. The van der Waals surface area contributed by atoms with E-state index in [9.17, 15) is 9.59 Å². The number of carbonyl (C=O) groups is 1. The number of hydrogen-bond donors (Lipinski definition) is 1. The van der Waals surface area contributed by atoms with Gasteiger partial charge in [0.05, 0.1) is 0 Å². The van der Waals surface area contributed by atoms with Gasteiger partial charge in [0.2, 0.25) is 5.91 Å². The van der Waals surface area contributed by atoms with Crippen LogP contribution in [0, 0.1) is 6.92 Å². The molecule has 0 aromatic carbocycles. The van der Waals surface area contributed by atoms with Gasteiger partial charge in [-0.2, -0.15) is 0 Å². The van der Waals surface area contributed by atoms with Gasteiger partial charge in [-0.15, -0.1) is 0 Å². The number of amides is 1. The lowest BCUT2D eigenvalue weighted by atomic mass is 10.1. The number of nitrogens with one attached hydrogen (secondary N) is 1. The minimum atomic E-state index is -0.574. The second-order valence-corrected chi connectivity index (χ2v) is 3.88. The molecule has 0 aliphatic heterocycles. The highest BCUT2D eigenvalue weighted by Gasteiger charge is 2.10. The molecule has 2 aromatic heterocycles. The van der Waals surface area contributed by atoms with Crippen molar-refractivity contribution in [2.75, 3.05) is 5.32 Å². The quantitative estimate of drug-likeness (QED) is 0.876. The number of aryl methyl sites for hydroxylation is 1. The molecule has 0 fully saturated rings. The highest BCUT2D eigenvalue weighted by molar-refractivity contribution is 5.88. The Hall–Kier alpha value is -2.43. The van der Waals surface area contributed by atoms with E-state index < -0.39 is 5.63 Å². The normalized spacial score (nSPS) is 10.1. The molecule has 1 amide bonds. The zero-order valence-electron chi connectivity index (χ0n) is 10.1. The number of anilines is 1. The number of nitrogens with zero attached hydrogens (tertiary/aromatic N) is 1. The standard InChI is InChI=1S/C13H12N2O3/c1-8-6-11(15-9(2)16)13(17)18-12(8)10-4-3-5-14-7-10/h3-7H,1-2H3,(H,15,16). The van der Waals surface area contributed by atoms with E-state index in [1.165, 1.54) is 6.92 Å². The summed E-state index contributed by atoms with van der Waals surface area (Å²) in [5.41, 5.74) is 1.05. The van der Waals surface area contributed by atoms with Crippen LogP contribution in [-0.2, 0) is 4.79 Å². The Balaban J connectivity index is 2.50. The minimum Gasteiger partial charge on any atom is -0.421 e. The van der Waals surface area contributed by atoms with Crippen molar-refractivity contribution < 1.29 is 9.21 Å². The maximum absolute atomic E-state index is 11.7. The molecule has 1 N–H and O–H groups in total. The van der Waals surface area contributed by atoms with Crippen molar-refractivity contribution in [1.29, 1.82) is 0 Å². The molecule has 0 unspecified atom stereocenters. The molecule has 5 heteroatoms. The van der Waals surface area contributed by atoms with Gasteiger partial charge in [0.15, 0.2) is 0 Å². The maximum Gasteiger partial charge on any atom is 0.360 e. The van der Waals surface area contributed by atoms with Crippen LogP contribution in [0.25, 0.3) is 11.3 Å². The average Bonchev–Trinajstić information content (AvgIpc) is 2.34. The summed E-state index contributed by atoms with van der Waals surface area (Å²) >= 11 is 0. The Labute approximate surface area is 103 Å². The van der Waals surface area contributed by atoms with Gasteiger partial charge in [-0.1, -0.05) is 0 Å². The van der Waals surface area contributed by atoms with Crippen LogP contribution in [0.5, 0.6) is 0 Å². The number of aromatic nitrogens is 1. The fourth-order valence-electron chi connectivity index (χ4n) is 1.63. The first kappa shape index (κ1) is 12.0. The van der Waals surface area contributed by atoms with Gasteiger partial charge < -0.3 is 9.73 Å². The van der Waals surface area contributed by atoms with Gasteiger partial charge in [0.1, 0.15) is 11.4 Å². The molecule has 0 aliphatic rings. The average molecular weight is 244 g/mol. The molecule has 0 aliphatic carbocycles. The molecule has 18 heavy (non-hydrogen) atoms. The molecular weight excluding hydrogens is 232 g/mol. The first-order valence-corrected chi connectivity index (χ1v) is 5.40. The Morgan fingerprint density at radius 3 is 2.83 bits per heavy atom. The van der Waals surface area contributed by atoms with E-state index in [0.717, 1.165) is 11.1 Å². The smallest absolute Gasteiger partial charge is 0.360 e. The van der Waals surface area contributed by atoms with Crippen LogP contribution >= 0.6 is 0 Å². The number of carbonyl (C=O) groups excluding carboxylic acids is 1. The highest BCUT2D eigenvalue weighted by Crippen LogP contribution is 2.22.